The predicted molar refractivity (Wildman–Crippen MR) is 81.7 cm³/mol. The number of nitrogens with zero attached hydrogens (tertiary/aromatic N) is 1. The highest BCUT2D eigenvalue weighted by Crippen LogP contribution is 2.27. The van der Waals surface area contributed by atoms with E-state index < -0.39 is 0 Å². The molecule has 0 saturated carbocycles. The van der Waals surface area contributed by atoms with Crippen molar-refractivity contribution >= 4 is 43.5 Å². The molecule has 18 heavy (non-hydrogen) atoms. The van der Waals surface area contributed by atoms with Crippen LogP contribution in [0.25, 0.3) is 0 Å². The van der Waals surface area contributed by atoms with E-state index in [1.54, 1.807) is 6.20 Å². The van der Waals surface area contributed by atoms with Crippen molar-refractivity contribution in [3.63, 3.8) is 0 Å². The molecule has 0 fully saturated rings. The standard InChI is InChI=1S/C13H11Br2ClN2/c14-9-4-3-8(11(16)7-9)6-12(17)13-10(15)2-1-5-18-13/h1-5,7,12H,6,17H2. The highest BCUT2D eigenvalue weighted by molar-refractivity contribution is 9.10. The van der Waals surface area contributed by atoms with Crippen molar-refractivity contribution in [2.24, 2.45) is 5.73 Å². The molecule has 0 spiro atoms. The van der Waals surface area contributed by atoms with E-state index in [0.717, 1.165) is 20.2 Å². The van der Waals surface area contributed by atoms with Gasteiger partial charge in [-0.15, -0.1) is 0 Å². The van der Waals surface area contributed by atoms with E-state index in [0.29, 0.717) is 11.4 Å². The van der Waals surface area contributed by atoms with E-state index in [9.17, 15) is 0 Å². The van der Waals surface area contributed by atoms with E-state index in [1.807, 2.05) is 30.3 Å². The quantitative estimate of drug-likeness (QED) is 0.838. The first-order valence-electron chi connectivity index (χ1n) is 5.38. The Morgan fingerprint density at radius 3 is 2.72 bits per heavy atom. The summed E-state index contributed by atoms with van der Waals surface area (Å²) in [6.07, 6.45) is 2.39. The number of nitrogens with two attached hydrogens (primary N) is 1. The van der Waals surface area contributed by atoms with Crippen molar-refractivity contribution in [2.45, 2.75) is 12.5 Å². The molecule has 0 radical (unpaired) electrons. The average Bonchev–Trinajstić information content (AvgIpc) is 2.33. The molecule has 0 aliphatic heterocycles. The molecule has 2 N–H and O–H groups in total. The number of halogens is 3. The molecule has 0 amide bonds. The normalized spacial score (nSPS) is 12.4. The van der Waals surface area contributed by atoms with Crippen LogP contribution < -0.4 is 5.73 Å². The minimum Gasteiger partial charge on any atom is -0.322 e. The molecule has 2 aromatic rings. The van der Waals surface area contributed by atoms with Gasteiger partial charge in [0, 0.05) is 20.2 Å². The van der Waals surface area contributed by atoms with Crippen molar-refractivity contribution in [3.05, 3.63) is 61.8 Å². The Morgan fingerprint density at radius 2 is 2.06 bits per heavy atom. The Kier molecular flexibility index (Phi) is 4.78. The highest BCUT2D eigenvalue weighted by atomic mass is 79.9. The van der Waals surface area contributed by atoms with Crippen molar-refractivity contribution in [1.82, 2.24) is 4.98 Å². The second-order valence-corrected chi connectivity index (χ2v) is 6.09. The lowest BCUT2D eigenvalue weighted by molar-refractivity contribution is 0.692. The second kappa shape index (κ2) is 6.15. The molecule has 1 aromatic carbocycles. The lowest BCUT2D eigenvalue weighted by atomic mass is 10.0. The summed E-state index contributed by atoms with van der Waals surface area (Å²) in [5, 5.41) is 0.715. The van der Waals surface area contributed by atoms with Gasteiger partial charge in [-0.2, -0.15) is 0 Å². The lowest BCUT2D eigenvalue weighted by Crippen LogP contribution is -2.15. The van der Waals surface area contributed by atoms with Crippen LogP contribution >= 0.6 is 43.5 Å². The van der Waals surface area contributed by atoms with E-state index in [-0.39, 0.29) is 6.04 Å². The van der Waals surface area contributed by atoms with E-state index in [4.69, 9.17) is 17.3 Å². The van der Waals surface area contributed by atoms with Gasteiger partial charge in [-0.1, -0.05) is 33.6 Å². The largest absolute Gasteiger partial charge is 0.322 e. The number of hydrogen-bond donors (Lipinski definition) is 1. The minimum atomic E-state index is -0.181. The van der Waals surface area contributed by atoms with Gasteiger partial charge < -0.3 is 5.73 Å². The van der Waals surface area contributed by atoms with Crippen molar-refractivity contribution < 1.29 is 0 Å². The average molecular weight is 391 g/mol. The fraction of sp³-hybridized carbons (Fsp3) is 0.154. The molecule has 1 atom stereocenters. The fourth-order valence-corrected chi connectivity index (χ4v) is 2.99. The Bertz CT molecular complexity index is 560. The molecule has 0 saturated heterocycles. The number of aromatic nitrogens is 1. The van der Waals surface area contributed by atoms with Gasteiger partial charge in [0.05, 0.1) is 11.7 Å². The topological polar surface area (TPSA) is 38.9 Å². The summed E-state index contributed by atoms with van der Waals surface area (Å²) < 4.78 is 1.88. The summed E-state index contributed by atoms with van der Waals surface area (Å²) in [5.41, 5.74) is 8.03. The van der Waals surface area contributed by atoms with Crippen LogP contribution in [-0.2, 0) is 6.42 Å². The van der Waals surface area contributed by atoms with Gasteiger partial charge in [0.2, 0.25) is 0 Å². The van der Waals surface area contributed by atoms with Crippen molar-refractivity contribution in [1.29, 1.82) is 0 Å². The van der Waals surface area contributed by atoms with E-state index >= 15 is 0 Å². The minimum absolute atomic E-state index is 0.181. The third-order valence-electron chi connectivity index (χ3n) is 2.59. The number of pyridine rings is 1. The van der Waals surface area contributed by atoms with Crippen LogP contribution in [0.4, 0.5) is 0 Å². The molecule has 0 aliphatic rings. The first kappa shape index (κ1) is 14.0. The second-order valence-electron chi connectivity index (χ2n) is 3.92. The molecule has 0 aliphatic carbocycles. The summed E-state index contributed by atoms with van der Waals surface area (Å²) in [4.78, 5) is 4.30. The third kappa shape index (κ3) is 3.32. The van der Waals surface area contributed by atoms with Crippen LogP contribution in [0.3, 0.4) is 0 Å². The molecule has 5 heteroatoms. The maximum atomic E-state index is 6.18. The smallest absolute Gasteiger partial charge is 0.0716 e. The van der Waals surface area contributed by atoms with Crippen LogP contribution in [0.5, 0.6) is 0 Å². The zero-order valence-electron chi connectivity index (χ0n) is 9.41. The lowest BCUT2D eigenvalue weighted by Gasteiger charge is -2.13. The summed E-state index contributed by atoms with van der Waals surface area (Å²) >= 11 is 13.0. The Labute approximate surface area is 128 Å². The summed E-state index contributed by atoms with van der Waals surface area (Å²) in [6, 6.07) is 9.43. The molecule has 94 valence electrons. The number of benzene rings is 1. The van der Waals surface area contributed by atoms with Crippen LogP contribution in [0, 0.1) is 0 Å². The summed E-state index contributed by atoms with van der Waals surface area (Å²) in [6.45, 7) is 0. The van der Waals surface area contributed by atoms with Crippen LogP contribution in [-0.4, -0.2) is 4.98 Å². The number of rotatable bonds is 3. The van der Waals surface area contributed by atoms with Gasteiger partial charge in [-0.3, -0.25) is 4.98 Å². The van der Waals surface area contributed by atoms with Gasteiger partial charge in [0.1, 0.15) is 0 Å². The highest BCUT2D eigenvalue weighted by Gasteiger charge is 2.13. The summed E-state index contributed by atoms with van der Waals surface area (Å²) in [7, 11) is 0. The number of hydrogen-bond acceptors (Lipinski definition) is 2. The Balaban J connectivity index is 2.21. The molecular weight excluding hydrogens is 379 g/mol. The molecule has 1 unspecified atom stereocenters. The van der Waals surface area contributed by atoms with Gasteiger partial charge in [0.15, 0.2) is 0 Å². The summed E-state index contributed by atoms with van der Waals surface area (Å²) in [5.74, 6) is 0. The molecule has 1 aromatic heterocycles. The van der Waals surface area contributed by atoms with Gasteiger partial charge in [-0.25, -0.2) is 0 Å². The van der Waals surface area contributed by atoms with Crippen molar-refractivity contribution in [3.8, 4) is 0 Å². The zero-order valence-corrected chi connectivity index (χ0v) is 13.3. The molecule has 2 rings (SSSR count). The van der Waals surface area contributed by atoms with E-state index in [2.05, 4.69) is 36.8 Å². The van der Waals surface area contributed by atoms with Gasteiger partial charge in [-0.05, 0) is 52.2 Å². The zero-order chi connectivity index (χ0) is 13.1. The first-order valence-corrected chi connectivity index (χ1v) is 7.34. The Morgan fingerprint density at radius 1 is 1.28 bits per heavy atom. The van der Waals surface area contributed by atoms with Gasteiger partial charge >= 0.3 is 0 Å². The third-order valence-corrected chi connectivity index (χ3v) is 4.11. The molecular formula is C13H11Br2ClN2. The van der Waals surface area contributed by atoms with E-state index in [1.165, 1.54) is 0 Å². The fourth-order valence-electron chi connectivity index (χ4n) is 1.69. The molecule has 1 heterocycles. The van der Waals surface area contributed by atoms with Crippen LogP contribution in [0.15, 0.2) is 45.5 Å². The van der Waals surface area contributed by atoms with Gasteiger partial charge in [0.25, 0.3) is 0 Å². The SMILES string of the molecule is NC(Cc1ccc(Br)cc1Cl)c1ncccc1Br. The molecule has 0 bridgehead atoms. The van der Waals surface area contributed by atoms with Crippen LogP contribution in [0.2, 0.25) is 5.02 Å². The first-order chi connectivity index (χ1) is 8.58. The van der Waals surface area contributed by atoms with Crippen molar-refractivity contribution in [2.75, 3.05) is 0 Å². The monoisotopic (exact) mass is 388 g/mol. The maximum Gasteiger partial charge on any atom is 0.0716 e. The predicted octanol–water partition coefficient (Wildman–Crippen LogP) is 4.50. The Hall–Kier alpha value is -0.420. The molecule has 2 nitrogen and oxygen atoms in total. The maximum absolute atomic E-state index is 6.18. The van der Waals surface area contributed by atoms with Crippen LogP contribution in [0.1, 0.15) is 17.3 Å².